The predicted molar refractivity (Wildman–Crippen MR) is 70.4 cm³/mol. The number of carbonyl (C=O) groups is 1. The van der Waals surface area contributed by atoms with Gasteiger partial charge in [-0.25, -0.2) is 0 Å². The Labute approximate surface area is 113 Å². The van der Waals surface area contributed by atoms with Crippen molar-refractivity contribution in [3.63, 3.8) is 0 Å². The fraction of sp³-hybridized carbons (Fsp3) is 0.500. The Kier molecular flexibility index (Phi) is 4.54. The number of halogens is 1. The van der Waals surface area contributed by atoms with Gasteiger partial charge in [0.05, 0.1) is 6.10 Å². The molecule has 1 aliphatic rings. The zero-order valence-electron chi connectivity index (χ0n) is 9.89. The Bertz CT molecular complexity index is 480. The Morgan fingerprint density at radius 3 is 3.11 bits per heavy atom. The van der Waals surface area contributed by atoms with E-state index in [1.807, 2.05) is 0 Å². The van der Waals surface area contributed by atoms with E-state index < -0.39 is 0 Å². The summed E-state index contributed by atoms with van der Waals surface area (Å²) in [5.74, 6) is -0.175. The van der Waals surface area contributed by atoms with E-state index in [0.29, 0.717) is 6.54 Å². The molecule has 98 valence electrons. The number of carbonyl (C=O) groups excluding carboxylic acids is 1. The molecule has 1 atom stereocenters. The largest absolute Gasteiger partial charge is 0.376 e. The molecule has 6 heteroatoms. The molecule has 1 aliphatic heterocycles. The quantitative estimate of drug-likeness (QED) is 0.898. The molecular formula is C12H15BrN2O3. The van der Waals surface area contributed by atoms with Crippen LogP contribution in [0.15, 0.2) is 27.6 Å². The summed E-state index contributed by atoms with van der Waals surface area (Å²) in [4.78, 5) is 23.2. The molecule has 2 heterocycles. The van der Waals surface area contributed by atoms with Gasteiger partial charge in [-0.3, -0.25) is 9.59 Å². The van der Waals surface area contributed by atoms with Crippen molar-refractivity contribution in [2.75, 3.05) is 13.2 Å². The van der Waals surface area contributed by atoms with Crippen LogP contribution in [0.2, 0.25) is 0 Å². The summed E-state index contributed by atoms with van der Waals surface area (Å²) < 4.78 is 7.55. The lowest BCUT2D eigenvalue weighted by Crippen LogP contribution is -2.36. The van der Waals surface area contributed by atoms with Crippen molar-refractivity contribution in [2.45, 2.75) is 25.5 Å². The van der Waals surface area contributed by atoms with Gasteiger partial charge < -0.3 is 14.6 Å². The first kappa shape index (κ1) is 13.3. The second kappa shape index (κ2) is 6.15. The van der Waals surface area contributed by atoms with E-state index in [2.05, 4.69) is 21.2 Å². The first-order chi connectivity index (χ1) is 8.65. The molecule has 1 fully saturated rings. The average molecular weight is 315 g/mol. The summed E-state index contributed by atoms with van der Waals surface area (Å²) in [6, 6.07) is 3.08. The number of amides is 1. The Balaban J connectivity index is 1.86. The Hall–Kier alpha value is -1.14. The summed E-state index contributed by atoms with van der Waals surface area (Å²) in [5, 5.41) is 2.78. The number of nitrogens with one attached hydrogen (secondary N) is 1. The Morgan fingerprint density at radius 2 is 2.39 bits per heavy atom. The predicted octanol–water partition coefficient (Wildman–Crippen LogP) is 0.906. The highest BCUT2D eigenvalue weighted by Crippen LogP contribution is 2.10. The molecule has 0 unspecified atom stereocenters. The smallest absolute Gasteiger partial charge is 0.251 e. The molecule has 0 saturated carbocycles. The zero-order chi connectivity index (χ0) is 13.0. The van der Waals surface area contributed by atoms with Crippen LogP contribution in [0.5, 0.6) is 0 Å². The third kappa shape index (κ3) is 3.68. The van der Waals surface area contributed by atoms with E-state index >= 15 is 0 Å². The topological polar surface area (TPSA) is 60.3 Å². The average Bonchev–Trinajstić information content (AvgIpc) is 2.84. The van der Waals surface area contributed by atoms with E-state index in [4.69, 9.17) is 4.74 Å². The van der Waals surface area contributed by atoms with E-state index in [1.54, 1.807) is 12.3 Å². The minimum atomic E-state index is -0.189. The summed E-state index contributed by atoms with van der Waals surface area (Å²) in [6.07, 6.45) is 3.75. The number of rotatable bonds is 4. The summed E-state index contributed by atoms with van der Waals surface area (Å²) in [7, 11) is 0. The first-order valence-electron chi connectivity index (χ1n) is 5.89. The number of aromatic nitrogens is 1. The van der Waals surface area contributed by atoms with Crippen LogP contribution in [0.25, 0.3) is 0 Å². The fourth-order valence-corrected chi connectivity index (χ4v) is 2.25. The number of nitrogens with zero attached hydrogens (tertiary/aromatic N) is 1. The van der Waals surface area contributed by atoms with Gasteiger partial charge in [0.1, 0.15) is 6.54 Å². The van der Waals surface area contributed by atoms with Crippen LogP contribution in [-0.2, 0) is 16.1 Å². The van der Waals surface area contributed by atoms with Gasteiger partial charge in [0.15, 0.2) is 0 Å². The highest BCUT2D eigenvalue weighted by molar-refractivity contribution is 9.10. The van der Waals surface area contributed by atoms with Gasteiger partial charge in [-0.15, -0.1) is 0 Å². The van der Waals surface area contributed by atoms with Crippen LogP contribution in [0.3, 0.4) is 0 Å². The number of hydrogen-bond acceptors (Lipinski definition) is 3. The van der Waals surface area contributed by atoms with Gasteiger partial charge in [0, 0.05) is 29.9 Å². The van der Waals surface area contributed by atoms with Crippen molar-refractivity contribution >= 4 is 21.8 Å². The first-order valence-corrected chi connectivity index (χ1v) is 6.69. The molecule has 18 heavy (non-hydrogen) atoms. The molecule has 1 aromatic heterocycles. The molecule has 0 aromatic carbocycles. The molecule has 2 rings (SSSR count). The summed E-state index contributed by atoms with van der Waals surface area (Å²) >= 11 is 3.27. The molecule has 1 N–H and O–H groups in total. The van der Waals surface area contributed by atoms with Gasteiger partial charge in [0.25, 0.3) is 5.56 Å². The molecule has 1 saturated heterocycles. The standard InChI is InChI=1S/C12H15BrN2O3/c13-9-3-4-12(17)15(7-9)8-11(16)14-6-10-2-1-5-18-10/h3-4,7,10H,1-2,5-6,8H2,(H,14,16)/t10-/m0/s1. The molecule has 1 amide bonds. The van der Waals surface area contributed by atoms with Gasteiger partial charge in [0.2, 0.25) is 5.91 Å². The second-order valence-electron chi connectivity index (χ2n) is 4.25. The molecule has 0 aliphatic carbocycles. The second-order valence-corrected chi connectivity index (χ2v) is 5.17. The fourth-order valence-electron chi connectivity index (χ4n) is 1.87. The third-order valence-corrected chi connectivity index (χ3v) is 3.28. The molecule has 0 spiro atoms. The lowest BCUT2D eigenvalue weighted by atomic mass is 10.2. The summed E-state index contributed by atoms with van der Waals surface area (Å²) in [5.41, 5.74) is -0.189. The normalized spacial score (nSPS) is 18.8. The van der Waals surface area contributed by atoms with Crippen LogP contribution in [0.4, 0.5) is 0 Å². The minimum absolute atomic E-state index is 0.0327. The van der Waals surface area contributed by atoms with E-state index in [0.717, 1.165) is 23.9 Å². The lowest BCUT2D eigenvalue weighted by Gasteiger charge is -2.11. The van der Waals surface area contributed by atoms with Gasteiger partial charge in [-0.1, -0.05) is 0 Å². The molecule has 5 nitrogen and oxygen atoms in total. The number of pyridine rings is 1. The Morgan fingerprint density at radius 1 is 1.56 bits per heavy atom. The van der Waals surface area contributed by atoms with E-state index in [1.165, 1.54) is 10.6 Å². The third-order valence-electron chi connectivity index (χ3n) is 2.81. The van der Waals surface area contributed by atoms with Crippen LogP contribution >= 0.6 is 15.9 Å². The monoisotopic (exact) mass is 314 g/mol. The molecule has 1 aromatic rings. The number of hydrogen-bond donors (Lipinski definition) is 1. The summed E-state index contributed by atoms with van der Waals surface area (Å²) in [6.45, 7) is 1.32. The maximum absolute atomic E-state index is 11.7. The van der Waals surface area contributed by atoms with Crippen molar-refractivity contribution < 1.29 is 9.53 Å². The minimum Gasteiger partial charge on any atom is -0.376 e. The highest BCUT2D eigenvalue weighted by Gasteiger charge is 2.16. The number of ether oxygens (including phenoxy) is 1. The highest BCUT2D eigenvalue weighted by atomic mass is 79.9. The van der Waals surface area contributed by atoms with Crippen molar-refractivity contribution in [2.24, 2.45) is 0 Å². The van der Waals surface area contributed by atoms with Crippen molar-refractivity contribution in [1.29, 1.82) is 0 Å². The molecule has 0 radical (unpaired) electrons. The van der Waals surface area contributed by atoms with Crippen LogP contribution < -0.4 is 10.9 Å². The van der Waals surface area contributed by atoms with Crippen molar-refractivity contribution in [3.05, 3.63) is 33.2 Å². The van der Waals surface area contributed by atoms with Crippen molar-refractivity contribution in [1.82, 2.24) is 9.88 Å². The lowest BCUT2D eigenvalue weighted by molar-refractivity contribution is -0.122. The van der Waals surface area contributed by atoms with Crippen LogP contribution in [0.1, 0.15) is 12.8 Å². The maximum atomic E-state index is 11.7. The zero-order valence-corrected chi connectivity index (χ0v) is 11.5. The van der Waals surface area contributed by atoms with Crippen LogP contribution in [0, 0.1) is 0 Å². The SMILES string of the molecule is O=C(Cn1cc(Br)ccc1=O)NC[C@@H]1CCCO1. The molecular weight excluding hydrogens is 300 g/mol. The molecule has 0 bridgehead atoms. The van der Waals surface area contributed by atoms with Crippen molar-refractivity contribution in [3.8, 4) is 0 Å². The van der Waals surface area contributed by atoms with Gasteiger partial charge in [-0.05, 0) is 34.8 Å². The van der Waals surface area contributed by atoms with Gasteiger partial charge >= 0.3 is 0 Å². The van der Waals surface area contributed by atoms with E-state index in [9.17, 15) is 9.59 Å². The van der Waals surface area contributed by atoms with E-state index in [-0.39, 0.29) is 24.1 Å². The maximum Gasteiger partial charge on any atom is 0.251 e. The van der Waals surface area contributed by atoms with Gasteiger partial charge in [-0.2, -0.15) is 0 Å². The van der Waals surface area contributed by atoms with Crippen LogP contribution in [-0.4, -0.2) is 29.7 Å².